The van der Waals surface area contributed by atoms with Gasteiger partial charge in [0.2, 0.25) is 0 Å². The third kappa shape index (κ3) is 3.92. The summed E-state index contributed by atoms with van der Waals surface area (Å²) < 4.78 is 4.97. The van der Waals surface area contributed by atoms with Crippen molar-refractivity contribution in [1.29, 1.82) is 0 Å². The van der Waals surface area contributed by atoms with Crippen LogP contribution in [0.5, 0.6) is 0 Å². The summed E-state index contributed by atoms with van der Waals surface area (Å²) in [6.07, 6.45) is 0.445. The van der Waals surface area contributed by atoms with Crippen LogP contribution in [0.4, 0.5) is 0 Å². The lowest BCUT2D eigenvalue weighted by atomic mass is 10.0. The van der Waals surface area contributed by atoms with Crippen molar-refractivity contribution in [2.75, 3.05) is 11.9 Å². The molecule has 0 spiro atoms. The number of alkyl halides is 2. The van der Waals surface area contributed by atoms with Crippen LogP contribution in [0.15, 0.2) is 18.2 Å². The van der Waals surface area contributed by atoms with Crippen LogP contribution < -0.4 is 0 Å². The van der Waals surface area contributed by atoms with Crippen LogP contribution in [0.25, 0.3) is 0 Å². The second-order valence-electron chi connectivity index (χ2n) is 3.59. The Morgan fingerprint density at radius 3 is 2.56 bits per heavy atom. The number of hydrogen-bond acceptors (Lipinski definition) is 3. The number of halogens is 2. The molecule has 0 aliphatic rings. The molecule has 0 N–H and O–H groups in total. The van der Waals surface area contributed by atoms with Gasteiger partial charge in [-0.05, 0) is 24.6 Å². The molecule has 1 rings (SSSR count). The summed E-state index contributed by atoms with van der Waals surface area (Å²) >= 11 is 6.56. The first kappa shape index (κ1) is 15.4. The maximum Gasteiger partial charge on any atom is 0.338 e. The summed E-state index contributed by atoms with van der Waals surface area (Å²) in [4.78, 5) is 23.5. The van der Waals surface area contributed by atoms with Crippen molar-refractivity contribution in [3.05, 3.63) is 34.9 Å². The van der Waals surface area contributed by atoms with Crippen molar-refractivity contribution in [2.45, 2.75) is 18.7 Å². The number of esters is 1. The highest BCUT2D eigenvalue weighted by atomic mass is 79.9. The molecule has 1 aromatic carbocycles. The van der Waals surface area contributed by atoms with Gasteiger partial charge in [-0.15, -0.1) is 0 Å². The molecule has 98 valence electrons. The van der Waals surface area contributed by atoms with Gasteiger partial charge in [0.1, 0.15) is 0 Å². The van der Waals surface area contributed by atoms with E-state index in [0.717, 1.165) is 5.56 Å². The van der Waals surface area contributed by atoms with E-state index in [1.54, 1.807) is 25.1 Å². The molecule has 0 amide bonds. The number of carbonyl (C=O) groups excluding carboxylic acids is 2. The first-order valence-corrected chi connectivity index (χ1v) is 7.83. The summed E-state index contributed by atoms with van der Waals surface area (Å²) in [5.41, 5.74) is 1.90. The lowest BCUT2D eigenvalue weighted by molar-refractivity contribution is 0.0525. The first-order chi connectivity index (χ1) is 8.63. The van der Waals surface area contributed by atoms with Crippen LogP contribution in [0.1, 0.15) is 39.6 Å². The van der Waals surface area contributed by atoms with E-state index in [0.29, 0.717) is 34.8 Å². The lowest BCUT2D eigenvalue weighted by Gasteiger charge is -2.08. The minimum atomic E-state index is -0.355. The van der Waals surface area contributed by atoms with E-state index in [-0.39, 0.29) is 11.8 Å². The average Bonchev–Trinajstić information content (AvgIpc) is 2.38. The van der Waals surface area contributed by atoms with Crippen molar-refractivity contribution >= 4 is 43.6 Å². The molecule has 1 aromatic rings. The smallest absolute Gasteiger partial charge is 0.338 e. The zero-order valence-corrected chi connectivity index (χ0v) is 13.2. The van der Waals surface area contributed by atoms with E-state index in [9.17, 15) is 9.59 Å². The molecule has 0 bridgehead atoms. The molecule has 0 aliphatic heterocycles. The molecule has 0 radical (unpaired) electrons. The van der Waals surface area contributed by atoms with Gasteiger partial charge in [0.05, 0.1) is 12.2 Å². The van der Waals surface area contributed by atoms with Crippen LogP contribution >= 0.6 is 31.9 Å². The Kier molecular flexibility index (Phi) is 6.57. The summed E-state index contributed by atoms with van der Waals surface area (Å²) in [5.74, 6) is -0.295. The average molecular weight is 378 g/mol. The summed E-state index contributed by atoms with van der Waals surface area (Å²) in [7, 11) is 0. The number of ketones is 1. The van der Waals surface area contributed by atoms with Gasteiger partial charge in [-0.3, -0.25) is 4.79 Å². The molecule has 0 saturated carbocycles. The van der Waals surface area contributed by atoms with Crippen LogP contribution in [0, 0.1) is 0 Å². The van der Waals surface area contributed by atoms with E-state index < -0.39 is 0 Å². The Morgan fingerprint density at radius 1 is 1.28 bits per heavy atom. The maximum absolute atomic E-state index is 11.8. The Balaban J connectivity index is 3.03. The largest absolute Gasteiger partial charge is 0.462 e. The van der Waals surface area contributed by atoms with Crippen molar-refractivity contribution in [1.82, 2.24) is 0 Å². The molecule has 0 heterocycles. The van der Waals surface area contributed by atoms with E-state index in [2.05, 4.69) is 31.9 Å². The number of Topliss-reactive ketones (excluding diaryl/α,β-unsaturated/α-hetero) is 1. The highest BCUT2D eigenvalue weighted by Crippen LogP contribution is 2.18. The predicted molar refractivity (Wildman–Crippen MR) is 77.8 cm³/mol. The fourth-order valence-electron chi connectivity index (χ4n) is 1.52. The van der Waals surface area contributed by atoms with E-state index in [4.69, 9.17) is 4.74 Å². The highest BCUT2D eigenvalue weighted by molar-refractivity contribution is 9.09. The second kappa shape index (κ2) is 7.69. The summed E-state index contributed by atoms with van der Waals surface area (Å²) in [5, 5.41) is 1.14. The van der Waals surface area contributed by atoms with Gasteiger partial charge in [0, 0.05) is 22.6 Å². The normalized spacial score (nSPS) is 10.2. The number of carbonyl (C=O) groups is 2. The molecule has 0 fully saturated rings. The Labute approximate surface area is 123 Å². The minimum Gasteiger partial charge on any atom is -0.462 e. The molecule has 18 heavy (non-hydrogen) atoms. The summed E-state index contributed by atoms with van der Waals surface area (Å²) in [6, 6.07) is 5.06. The zero-order valence-electron chi connectivity index (χ0n) is 10.0. The fraction of sp³-hybridized carbons (Fsp3) is 0.385. The van der Waals surface area contributed by atoms with Crippen molar-refractivity contribution in [2.24, 2.45) is 0 Å². The molecule has 0 unspecified atom stereocenters. The van der Waals surface area contributed by atoms with Gasteiger partial charge < -0.3 is 4.74 Å². The lowest BCUT2D eigenvalue weighted by Crippen LogP contribution is -2.09. The third-order valence-corrected chi connectivity index (χ3v) is 3.39. The van der Waals surface area contributed by atoms with Gasteiger partial charge in [0.15, 0.2) is 5.78 Å². The number of hydrogen-bond donors (Lipinski definition) is 0. The molecule has 0 saturated heterocycles. The minimum absolute atomic E-state index is 0.0597. The molecule has 0 aliphatic carbocycles. The number of ether oxygens (including phenoxy) is 1. The predicted octanol–water partition coefficient (Wildman–Crippen LogP) is 3.73. The topological polar surface area (TPSA) is 43.4 Å². The number of rotatable bonds is 6. The highest BCUT2D eigenvalue weighted by Gasteiger charge is 2.14. The van der Waals surface area contributed by atoms with Gasteiger partial charge in [-0.2, -0.15) is 0 Å². The second-order valence-corrected chi connectivity index (χ2v) is 4.94. The fourth-order valence-corrected chi connectivity index (χ4v) is 2.34. The Bertz CT molecular complexity index is 444. The third-order valence-electron chi connectivity index (χ3n) is 2.39. The molecule has 5 heteroatoms. The monoisotopic (exact) mass is 376 g/mol. The maximum atomic E-state index is 11.8. The quantitative estimate of drug-likeness (QED) is 0.431. The molecule has 3 nitrogen and oxygen atoms in total. The molecular weight excluding hydrogens is 364 g/mol. The Morgan fingerprint density at radius 2 is 2.00 bits per heavy atom. The van der Waals surface area contributed by atoms with E-state index in [1.807, 2.05) is 0 Å². The van der Waals surface area contributed by atoms with Crippen LogP contribution in [0.3, 0.4) is 0 Å². The van der Waals surface area contributed by atoms with Crippen LogP contribution in [-0.2, 0) is 10.1 Å². The van der Waals surface area contributed by atoms with Crippen molar-refractivity contribution in [3.63, 3.8) is 0 Å². The van der Waals surface area contributed by atoms with Gasteiger partial charge in [0.25, 0.3) is 0 Å². The SMILES string of the molecule is CCOC(=O)c1ccc(C(=O)CCBr)cc1CBr. The number of benzene rings is 1. The zero-order chi connectivity index (χ0) is 13.5. The summed E-state index contributed by atoms with van der Waals surface area (Å²) in [6.45, 7) is 2.10. The van der Waals surface area contributed by atoms with Gasteiger partial charge >= 0.3 is 5.97 Å². The Hall–Kier alpha value is -0.680. The van der Waals surface area contributed by atoms with Crippen molar-refractivity contribution in [3.8, 4) is 0 Å². The van der Waals surface area contributed by atoms with Crippen LogP contribution in [-0.4, -0.2) is 23.7 Å². The molecular formula is C13H14Br2O3. The first-order valence-electron chi connectivity index (χ1n) is 5.59. The van der Waals surface area contributed by atoms with E-state index >= 15 is 0 Å². The van der Waals surface area contributed by atoms with E-state index in [1.165, 1.54) is 0 Å². The standard InChI is InChI=1S/C13H14Br2O3/c1-2-18-13(17)11-4-3-9(7-10(11)8-15)12(16)5-6-14/h3-4,7H,2,5-6,8H2,1H3. The molecule has 0 atom stereocenters. The molecule has 0 aromatic heterocycles. The van der Waals surface area contributed by atoms with Gasteiger partial charge in [-0.25, -0.2) is 4.79 Å². The van der Waals surface area contributed by atoms with Crippen molar-refractivity contribution < 1.29 is 14.3 Å². The van der Waals surface area contributed by atoms with Gasteiger partial charge in [-0.1, -0.05) is 37.9 Å². The van der Waals surface area contributed by atoms with Crippen LogP contribution in [0.2, 0.25) is 0 Å².